The number of nitrogens with zero attached hydrogens (tertiary/aromatic N) is 2. The summed E-state index contributed by atoms with van der Waals surface area (Å²) in [5.41, 5.74) is 0.0716. The maximum atomic E-state index is 12.9. The summed E-state index contributed by atoms with van der Waals surface area (Å²) in [6, 6.07) is 6.60. The molecule has 6 heteroatoms. The minimum Gasteiger partial charge on any atom is -0.338 e. The molecular formula is C18H20N2O3S. The Morgan fingerprint density at radius 2 is 1.96 bits per heavy atom. The van der Waals surface area contributed by atoms with Crippen molar-refractivity contribution in [2.45, 2.75) is 32.1 Å². The highest BCUT2D eigenvalue weighted by molar-refractivity contribution is 7.20. The molecule has 0 N–H and O–H groups in total. The Labute approximate surface area is 144 Å². The van der Waals surface area contributed by atoms with Crippen LogP contribution in [-0.4, -0.2) is 28.8 Å². The zero-order valence-corrected chi connectivity index (χ0v) is 14.3. The lowest BCUT2D eigenvalue weighted by Crippen LogP contribution is -2.44. The molecule has 1 aliphatic heterocycles. The van der Waals surface area contributed by atoms with E-state index >= 15 is 0 Å². The average molecular weight is 344 g/mol. The van der Waals surface area contributed by atoms with E-state index in [-0.39, 0.29) is 11.6 Å². The maximum Gasteiger partial charge on any atom is 0.270 e. The molecule has 4 rings (SSSR count). The summed E-state index contributed by atoms with van der Waals surface area (Å²) in [5, 5.41) is 11.7. The van der Waals surface area contributed by atoms with Crippen LogP contribution in [0.3, 0.4) is 0 Å². The van der Waals surface area contributed by atoms with Crippen molar-refractivity contribution in [1.82, 2.24) is 4.90 Å². The molecule has 5 nitrogen and oxygen atoms in total. The normalized spacial score (nSPS) is 23.9. The van der Waals surface area contributed by atoms with Gasteiger partial charge in [-0.05, 0) is 36.8 Å². The van der Waals surface area contributed by atoms with Gasteiger partial charge < -0.3 is 4.90 Å². The monoisotopic (exact) mass is 344 g/mol. The van der Waals surface area contributed by atoms with E-state index in [1.54, 1.807) is 12.1 Å². The molecule has 24 heavy (non-hydrogen) atoms. The quantitative estimate of drug-likeness (QED) is 0.597. The summed E-state index contributed by atoms with van der Waals surface area (Å²) >= 11 is 1.44. The zero-order valence-electron chi connectivity index (χ0n) is 13.4. The zero-order chi connectivity index (χ0) is 16.7. The standard InChI is InChI=1S/C18H20N2O3S/c21-18(19-8-7-12-3-1-2-4-13(12)11-19)17-10-14-9-15(20(22)23)5-6-16(14)24-17/h5-6,9-10,12-13H,1-4,7-8,11H2/t12-,13-/m1/s1. The van der Waals surface area contributed by atoms with E-state index < -0.39 is 4.92 Å². The molecule has 1 aliphatic carbocycles. The van der Waals surface area contributed by atoms with E-state index in [2.05, 4.69) is 0 Å². The third-order valence-electron chi connectivity index (χ3n) is 5.50. The molecule has 0 spiro atoms. The van der Waals surface area contributed by atoms with Gasteiger partial charge >= 0.3 is 0 Å². The first kappa shape index (κ1) is 15.6. The number of non-ortho nitro benzene ring substituents is 1. The van der Waals surface area contributed by atoms with Crippen molar-refractivity contribution in [3.05, 3.63) is 39.3 Å². The van der Waals surface area contributed by atoms with Gasteiger partial charge in [-0.25, -0.2) is 0 Å². The fraction of sp³-hybridized carbons (Fsp3) is 0.500. The van der Waals surface area contributed by atoms with Crippen molar-refractivity contribution >= 4 is 33.0 Å². The van der Waals surface area contributed by atoms with Gasteiger partial charge in [0.05, 0.1) is 9.80 Å². The first-order chi connectivity index (χ1) is 11.6. The number of thiophene rings is 1. The lowest BCUT2D eigenvalue weighted by molar-refractivity contribution is -0.384. The summed E-state index contributed by atoms with van der Waals surface area (Å²) < 4.78 is 0.927. The van der Waals surface area contributed by atoms with Gasteiger partial charge in [-0.1, -0.05) is 19.3 Å². The average Bonchev–Trinajstić information content (AvgIpc) is 3.03. The van der Waals surface area contributed by atoms with Crippen LogP contribution in [0.2, 0.25) is 0 Å². The van der Waals surface area contributed by atoms with E-state index in [1.165, 1.54) is 43.1 Å². The van der Waals surface area contributed by atoms with Crippen molar-refractivity contribution in [2.75, 3.05) is 13.1 Å². The molecule has 0 unspecified atom stereocenters. The lowest BCUT2D eigenvalue weighted by Gasteiger charge is -2.41. The van der Waals surface area contributed by atoms with E-state index in [9.17, 15) is 14.9 Å². The number of carbonyl (C=O) groups is 1. The fourth-order valence-corrected chi connectivity index (χ4v) is 5.20. The van der Waals surface area contributed by atoms with Gasteiger partial charge in [0, 0.05) is 35.3 Å². The number of fused-ring (bicyclic) bond motifs is 2. The van der Waals surface area contributed by atoms with Crippen molar-refractivity contribution in [2.24, 2.45) is 11.8 Å². The smallest absolute Gasteiger partial charge is 0.270 e. The van der Waals surface area contributed by atoms with Crippen LogP contribution in [0.15, 0.2) is 24.3 Å². The van der Waals surface area contributed by atoms with Gasteiger partial charge in [0.2, 0.25) is 0 Å². The van der Waals surface area contributed by atoms with Crippen molar-refractivity contribution in [3.8, 4) is 0 Å². The van der Waals surface area contributed by atoms with Crippen LogP contribution in [-0.2, 0) is 0 Å². The summed E-state index contributed by atoms with van der Waals surface area (Å²) in [5.74, 6) is 1.54. The molecule has 0 bridgehead atoms. The molecule has 1 amide bonds. The second kappa shape index (κ2) is 6.16. The Bertz CT molecular complexity index is 801. The minimum absolute atomic E-state index is 0.0716. The van der Waals surface area contributed by atoms with Crippen molar-refractivity contribution in [1.29, 1.82) is 0 Å². The molecule has 126 valence electrons. The minimum atomic E-state index is -0.396. The second-order valence-electron chi connectivity index (χ2n) is 6.93. The van der Waals surface area contributed by atoms with Crippen molar-refractivity contribution < 1.29 is 9.72 Å². The van der Waals surface area contributed by atoms with Crippen LogP contribution >= 0.6 is 11.3 Å². The Morgan fingerprint density at radius 3 is 2.75 bits per heavy atom. The van der Waals surface area contributed by atoms with Crippen LogP contribution in [0.25, 0.3) is 10.1 Å². The Balaban J connectivity index is 1.55. The largest absolute Gasteiger partial charge is 0.338 e. The van der Waals surface area contributed by atoms with E-state index in [0.29, 0.717) is 10.8 Å². The molecule has 2 fully saturated rings. The third kappa shape index (κ3) is 2.79. The highest BCUT2D eigenvalue weighted by Crippen LogP contribution is 2.37. The predicted octanol–water partition coefficient (Wildman–Crippen LogP) is 4.46. The second-order valence-corrected chi connectivity index (χ2v) is 8.02. The Morgan fingerprint density at radius 1 is 1.17 bits per heavy atom. The van der Waals surface area contributed by atoms with Gasteiger partial charge in [-0.3, -0.25) is 14.9 Å². The number of carbonyl (C=O) groups excluding carboxylic acids is 1. The number of nitro groups is 1. The fourth-order valence-electron chi connectivity index (χ4n) is 4.19. The Hall–Kier alpha value is -1.95. The van der Waals surface area contributed by atoms with Crippen LogP contribution in [0, 0.1) is 22.0 Å². The van der Waals surface area contributed by atoms with Gasteiger partial charge in [-0.2, -0.15) is 0 Å². The number of hydrogen-bond acceptors (Lipinski definition) is 4. The van der Waals surface area contributed by atoms with Crippen LogP contribution in [0.1, 0.15) is 41.8 Å². The number of nitro benzene ring substituents is 1. The highest BCUT2D eigenvalue weighted by Gasteiger charge is 2.33. The first-order valence-electron chi connectivity index (χ1n) is 8.59. The van der Waals surface area contributed by atoms with Gasteiger partial charge in [-0.15, -0.1) is 11.3 Å². The number of rotatable bonds is 2. The Kier molecular flexibility index (Phi) is 4.00. The highest BCUT2D eigenvalue weighted by atomic mass is 32.1. The third-order valence-corrected chi connectivity index (χ3v) is 6.60. The number of likely N-dealkylation sites (tertiary alicyclic amines) is 1. The molecule has 2 heterocycles. The molecule has 2 aliphatic rings. The number of hydrogen-bond donors (Lipinski definition) is 0. The topological polar surface area (TPSA) is 63.4 Å². The molecule has 2 aromatic rings. The first-order valence-corrected chi connectivity index (χ1v) is 9.41. The van der Waals surface area contributed by atoms with E-state index in [1.807, 2.05) is 11.0 Å². The molecule has 2 atom stereocenters. The molecule has 1 aromatic carbocycles. The SMILES string of the molecule is O=C(c1cc2cc([N+](=O)[O-])ccc2s1)N1CC[C@H]2CCCC[C@@H]2C1. The van der Waals surface area contributed by atoms with Gasteiger partial charge in [0.15, 0.2) is 0 Å². The molecule has 1 saturated heterocycles. The van der Waals surface area contributed by atoms with E-state index in [4.69, 9.17) is 0 Å². The van der Waals surface area contributed by atoms with E-state index in [0.717, 1.165) is 35.5 Å². The molecular weight excluding hydrogens is 324 g/mol. The predicted molar refractivity (Wildman–Crippen MR) is 94.4 cm³/mol. The summed E-state index contributed by atoms with van der Waals surface area (Å²) in [4.78, 5) is 26.1. The van der Waals surface area contributed by atoms with Gasteiger partial charge in [0.1, 0.15) is 0 Å². The molecule has 0 radical (unpaired) electrons. The van der Waals surface area contributed by atoms with Crippen LogP contribution in [0.4, 0.5) is 5.69 Å². The molecule has 1 saturated carbocycles. The molecule has 1 aromatic heterocycles. The maximum absolute atomic E-state index is 12.9. The van der Waals surface area contributed by atoms with Crippen LogP contribution < -0.4 is 0 Å². The summed E-state index contributed by atoms with van der Waals surface area (Å²) in [6.07, 6.45) is 6.30. The summed E-state index contributed by atoms with van der Waals surface area (Å²) in [7, 11) is 0. The van der Waals surface area contributed by atoms with Crippen molar-refractivity contribution in [3.63, 3.8) is 0 Å². The summed E-state index contributed by atoms with van der Waals surface area (Å²) in [6.45, 7) is 1.71. The number of amides is 1. The number of piperidine rings is 1. The van der Waals surface area contributed by atoms with Crippen LogP contribution in [0.5, 0.6) is 0 Å². The van der Waals surface area contributed by atoms with Gasteiger partial charge in [0.25, 0.3) is 11.6 Å². The number of benzene rings is 1. The lowest BCUT2D eigenvalue weighted by atomic mass is 9.75.